The summed E-state index contributed by atoms with van der Waals surface area (Å²) in [7, 11) is 3.03. The number of nitrogens with one attached hydrogen (secondary N) is 1. The van der Waals surface area contributed by atoms with Crippen molar-refractivity contribution in [3.63, 3.8) is 0 Å². The molecule has 0 spiro atoms. The van der Waals surface area contributed by atoms with Crippen molar-refractivity contribution in [1.29, 1.82) is 0 Å². The molecule has 0 radical (unpaired) electrons. The highest BCUT2D eigenvalue weighted by molar-refractivity contribution is 5.88. The van der Waals surface area contributed by atoms with E-state index in [9.17, 15) is 4.79 Å². The Morgan fingerprint density at radius 1 is 1.11 bits per heavy atom. The van der Waals surface area contributed by atoms with E-state index < -0.39 is 0 Å². The van der Waals surface area contributed by atoms with Crippen molar-refractivity contribution in [2.45, 2.75) is 20.0 Å². The second kappa shape index (κ2) is 5.22. The lowest BCUT2D eigenvalue weighted by molar-refractivity contribution is 0.232. The number of hydrogen-bond acceptors (Lipinski definition) is 4. The zero-order valence-electron chi connectivity index (χ0n) is 11.4. The van der Waals surface area contributed by atoms with Crippen molar-refractivity contribution < 1.29 is 14.2 Å². The Morgan fingerprint density at radius 2 is 1.84 bits per heavy atom. The first-order valence-electron chi connectivity index (χ1n) is 6.01. The minimum absolute atomic E-state index is 0.0546. The Hall–Kier alpha value is -2.17. The fourth-order valence-electron chi connectivity index (χ4n) is 1.89. The normalized spacial score (nSPS) is 10.8. The average Bonchev–Trinajstić information content (AvgIpc) is 2.37. The molecule has 2 rings (SSSR count). The van der Waals surface area contributed by atoms with Crippen molar-refractivity contribution in [1.82, 2.24) is 4.98 Å². The molecule has 0 saturated carbocycles. The number of aromatic nitrogens is 1. The number of H-pyrrole nitrogens is 1. The lowest BCUT2D eigenvalue weighted by atomic mass is 10.2. The summed E-state index contributed by atoms with van der Waals surface area (Å²) in [5.41, 5.74) is 0.333. The number of rotatable bonds is 4. The van der Waals surface area contributed by atoms with Crippen molar-refractivity contribution in [2.24, 2.45) is 0 Å². The van der Waals surface area contributed by atoms with Crippen LogP contribution in [0, 0.1) is 0 Å². The first-order valence-corrected chi connectivity index (χ1v) is 6.01. The highest BCUT2D eigenvalue weighted by Gasteiger charge is 2.16. The highest BCUT2D eigenvalue weighted by atomic mass is 16.5. The summed E-state index contributed by atoms with van der Waals surface area (Å²) >= 11 is 0. The molecule has 5 heteroatoms. The second-order valence-corrected chi connectivity index (χ2v) is 4.39. The van der Waals surface area contributed by atoms with Crippen LogP contribution >= 0.6 is 0 Å². The van der Waals surface area contributed by atoms with E-state index in [0.717, 1.165) is 5.39 Å². The fraction of sp³-hybridized carbons (Fsp3) is 0.357. The molecule has 0 saturated heterocycles. The zero-order valence-corrected chi connectivity index (χ0v) is 11.4. The van der Waals surface area contributed by atoms with Crippen molar-refractivity contribution in [3.05, 3.63) is 28.6 Å². The van der Waals surface area contributed by atoms with Crippen LogP contribution < -0.4 is 19.8 Å². The molecule has 2 aromatic rings. The van der Waals surface area contributed by atoms with E-state index in [1.807, 2.05) is 26.0 Å². The molecule has 0 atom stereocenters. The Kier molecular flexibility index (Phi) is 3.64. The van der Waals surface area contributed by atoms with Gasteiger partial charge in [-0.3, -0.25) is 4.79 Å². The monoisotopic (exact) mass is 263 g/mol. The highest BCUT2D eigenvalue weighted by Crippen LogP contribution is 2.33. The largest absolute Gasteiger partial charge is 0.497 e. The number of hydrogen-bond donors (Lipinski definition) is 1. The molecule has 0 fully saturated rings. The molecule has 0 aliphatic heterocycles. The van der Waals surface area contributed by atoms with Gasteiger partial charge < -0.3 is 19.2 Å². The summed E-state index contributed by atoms with van der Waals surface area (Å²) in [6.07, 6.45) is -0.0546. The fourth-order valence-corrected chi connectivity index (χ4v) is 1.89. The van der Waals surface area contributed by atoms with Crippen LogP contribution in [0.25, 0.3) is 10.9 Å². The van der Waals surface area contributed by atoms with E-state index in [4.69, 9.17) is 14.2 Å². The van der Waals surface area contributed by atoms with Gasteiger partial charge in [-0.25, -0.2) is 0 Å². The Morgan fingerprint density at radius 3 is 2.42 bits per heavy atom. The summed E-state index contributed by atoms with van der Waals surface area (Å²) in [6.45, 7) is 3.80. The minimum atomic E-state index is -0.320. The number of benzene rings is 1. The van der Waals surface area contributed by atoms with E-state index >= 15 is 0 Å². The lowest BCUT2D eigenvalue weighted by Gasteiger charge is -2.15. The van der Waals surface area contributed by atoms with Crippen LogP contribution in [0.1, 0.15) is 13.8 Å². The van der Waals surface area contributed by atoms with E-state index in [2.05, 4.69) is 4.98 Å². The molecular weight excluding hydrogens is 246 g/mol. The van der Waals surface area contributed by atoms with Gasteiger partial charge in [-0.2, -0.15) is 0 Å². The summed E-state index contributed by atoms with van der Waals surface area (Å²) in [4.78, 5) is 14.7. The topological polar surface area (TPSA) is 60.6 Å². The van der Waals surface area contributed by atoms with E-state index in [-0.39, 0.29) is 17.4 Å². The van der Waals surface area contributed by atoms with Gasteiger partial charge >= 0.3 is 0 Å². The van der Waals surface area contributed by atoms with Crippen LogP contribution in [0.4, 0.5) is 0 Å². The standard InChI is InChI=1S/C14H17NO4/c1-8(2)19-12-10-6-5-9(17-3)7-11(10)15-14(16)13(12)18-4/h5-8H,1-4H3,(H,15,16). The molecule has 19 heavy (non-hydrogen) atoms. The van der Waals surface area contributed by atoms with Gasteiger partial charge in [0.1, 0.15) is 5.75 Å². The molecule has 1 heterocycles. The van der Waals surface area contributed by atoms with Crippen molar-refractivity contribution >= 4 is 10.9 Å². The van der Waals surface area contributed by atoms with Crippen LogP contribution in [0.5, 0.6) is 17.2 Å². The van der Waals surface area contributed by atoms with Crippen LogP contribution in [0.3, 0.4) is 0 Å². The second-order valence-electron chi connectivity index (χ2n) is 4.39. The number of ether oxygens (including phenoxy) is 3. The van der Waals surface area contributed by atoms with Gasteiger partial charge in [-0.05, 0) is 26.0 Å². The quantitative estimate of drug-likeness (QED) is 0.919. The van der Waals surface area contributed by atoms with Gasteiger partial charge in [0, 0.05) is 11.5 Å². The van der Waals surface area contributed by atoms with E-state index in [0.29, 0.717) is 17.0 Å². The molecule has 5 nitrogen and oxygen atoms in total. The van der Waals surface area contributed by atoms with Crippen LogP contribution in [0.2, 0.25) is 0 Å². The third kappa shape index (κ3) is 2.50. The molecule has 102 valence electrons. The molecule has 0 bridgehead atoms. The van der Waals surface area contributed by atoms with Gasteiger partial charge in [0.05, 0.1) is 25.8 Å². The molecule has 1 aromatic carbocycles. The first-order chi connectivity index (χ1) is 9.06. The summed E-state index contributed by atoms with van der Waals surface area (Å²) in [5, 5.41) is 0.783. The Labute approximate surface area is 111 Å². The zero-order chi connectivity index (χ0) is 14.0. The minimum Gasteiger partial charge on any atom is -0.497 e. The van der Waals surface area contributed by atoms with Crippen LogP contribution in [0.15, 0.2) is 23.0 Å². The van der Waals surface area contributed by atoms with Crippen molar-refractivity contribution in [3.8, 4) is 17.2 Å². The number of pyridine rings is 1. The van der Waals surface area contributed by atoms with Gasteiger partial charge in [-0.15, -0.1) is 0 Å². The molecule has 1 N–H and O–H groups in total. The maximum Gasteiger partial charge on any atom is 0.294 e. The molecule has 0 aliphatic carbocycles. The Bertz CT molecular complexity index is 646. The number of methoxy groups -OCH3 is 2. The molecule has 0 amide bonds. The van der Waals surface area contributed by atoms with Gasteiger partial charge in [0.15, 0.2) is 5.75 Å². The smallest absolute Gasteiger partial charge is 0.294 e. The molecule has 0 aliphatic rings. The van der Waals surface area contributed by atoms with Gasteiger partial charge in [0.2, 0.25) is 5.75 Å². The SMILES string of the molecule is COc1ccc2c(OC(C)C)c(OC)c(=O)[nH]c2c1. The molecule has 0 unspecified atom stereocenters. The maximum absolute atomic E-state index is 12.0. The lowest BCUT2D eigenvalue weighted by Crippen LogP contribution is -2.15. The molecular formula is C14H17NO4. The summed E-state index contributed by atoms with van der Waals surface area (Å²) in [5.74, 6) is 1.31. The first kappa shape index (κ1) is 13.3. The summed E-state index contributed by atoms with van der Waals surface area (Å²) < 4.78 is 16.0. The third-order valence-electron chi connectivity index (χ3n) is 2.69. The summed E-state index contributed by atoms with van der Waals surface area (Å²) in [6, 6.07) is 5.40. The van der Waals surface area contributed by atoms with Crippen LogP contribution in [-0.4, -0.2) is 25.3 Å². The predicted octanol–water partition coefficient (Wildman–Crippen LogP) is 2.33. The average molecular weight is 263 g/mol. The Balaban J connectivity index is 2.75. The molecule has 1 aromatic heterocycles. The van der Waals surface area contributed by atoms with Gasteiger partial charge in [-0.1, -0.05) is 0 Å². The van der Waals surface area contributed by atoms with Crippen LogP contribution in [-0.2, 0) is 0 Å². The number of fused-ring (bicyclic) bond motifs is 1. The maximum atomic E-state index is 12.0. The van der Waals surface area contributed by atoms with Gasteiger partial charge in [0.25, 0.3) is 5.56 Å². The van der Waals surface area contributed by atoms with E-state index in [1.54, 1.807) is 13.2 Å². The third-order valence-corrected chi connectivity index (χ3v) is 2.69. The number of aromatic amines is 1. The van der Waals surface area contributed by atoms with E-state index in [1.165, 1.54) is 7.11 Å². The predicted molar refractivity (Wildman–Crippen MR) is 73.4 cm³/mol. The van der Waals surface area contributed by atoms with Crippen molar-refractivity contribution in [2.75, 3.05) is 14.2 Å².